The van der Waals surface area contributed by atoms with Gasteiger partial charge in [0.2, 0.25) is 0 Å². The molecular formula is C15H13Cl3N2. The monoisotopic (exact) mass is 326 g/mol. The highest BCUT2D eigenvalue weighted by atomic mass is 35.5. The number of rotatable bonds is 2. The van der Waals surface area contributed by atoms with Gasteiger partial charge >= 0.3 is 0 Å². The Kier molecular flexibility index (Phi) is 4.59. The van der Waals surface area contributed by atoms with Crippen molar-refractivity contribution in [3.63, 3.8) is 0 Å². The fourth-order valence-corrected chi connectivity index (χ4v) is 2.43. The van der Waals surface area contributed by atoms with E-state index in [1.807, 2.05) is 37.4 Å². The summed E-state index contributed by atoms with van der Waals surface area (Å²) in [5, 5.41) is 2.56. The van der Waals surface area contributed by atoms with Gasteiger partial charge in [-0.3, -0.25) is 0 Å². The molecule has 0 radical (unpaired) electrons. The van der Waals surface area contributed by atoms with Crippen LogP contribution in [0.3, 0.4) is 0 Å². The van der Waals surface area contributed by atoms with Crippen molar-refractivity contribution >= 4 is 46.6 Å². The minimum atomic E-state index is 0. The third kappa shape index (κ3) is 2.78. The number of pyridine rings is 1. The Balaban J connectivity index is 0.00000147. The second kappa shape index (κ2) is 6.04. The van der Waals surface area contributed by atoms with Crippen LogP contribution >= 0.6 is 35.6 Å². The van der Waals surface area contributed by atoms with Crippen LogP contribution in [0.2, 0.25) is 10.0 Å². The molecule has 0 atom stereocenters. The van der Waals surface area contributed by atoms with Gasteiger partial charge in [0.15, 0.2) is 0 Å². The van der Waals surface area contributed by atoms with Gasteiger partial charge in [-0.25, -0.2) is 4.98 Å². The number of halogens is 3. The lowest BCUT2D eigenvalue weighted by Crippen LogP contribution is -1.99. The van der Waals surface area contributed by atoms with Crippen molar-refractivity contribution in [2.45, 2.75) is 13.5 Å². The summed E-state index contributed by atoms with van der Waals surface area (Å²) in [5.74, 6) is 0. The average Bonchev–Trinajstić information content (AvgIpc) is 2.80. The van der Waals surface area contributed by atoms with E-state index < -0.39 is 0 Å². The quantitative estimate of drug-likeness (QED) is 0.638. The second-order valence-corrected chi connectivity index (χ2v) is 5.38. The van der Waals surface area contributed by atoms with E-state index >= 15 is 0 Å². The Labute approximate surface area is 133 Å². The molecule has 0 amide bonds. The third-order valence-corrected chi connectivity index (χ3v) is 3.90. The first-order chi connectivity index (χ1) is 9.15. The van der Waals surface area contributed by atoms with E-state index in [0.29, 0.717) is 5.02 Å². The predicted molar refractivity (Wildman–Crippen MR) is 87.3 cm³/mol. The molecule has 3 rings (SSSR count). The summed E-state index contributed by atoms with van der Waals surface area (Å²) < 4.78 is 2.11. The van der Waals surface area contributed by atoms with Gasteiger partial charge in [-0.15, -0.1) is 12.4 Å². The van der Waals surface area contributed by atoms with E-state index in [1.54, 1.807) is 6.20 Å². The van der Waals surface area contributed by atoms with E-state index in [2.05, 4.69) is 15.6 Å². The van der Waals surface area contributed by atoms with E-state index in [1.165, 1.54) is 5.56 Å². The van der Waals surface area contributed by atoms with Gasteiger partial charge in [0.25, 0.3) is 0 Å². The Bertz CT molecular complexity index is 733. The number of hydrogen-bond acceptors (Lipinski definition) is 1. The number of benzene rings is 1. The zero-order chi connectivity index (χ0) is 13.4. The maximum Gasteiger partial charge on any atom is 0.140 e. The fourth-order valence-electron chi connectivity index (χ4n) is 2.16. The molecular weight excluding hydrogens is 315 g/mol. The lowest BCUT2D eigenvalue weighted by molar-refractivity contribution is 0.825. The van der Waals surface area contributed by atoms with Crippen LogP contribution < -0.4 is 0 Å². The van der Waals surface area contributed by atoms with Gasteiger partial charge < -0.3 is 4.57 Å². The highest BCUT2D eigenvalue weighted by molar-refractivity contribution is 6.32. The normalized spacial score (nSPS) is 10.6. The summed E-state index contributed by atoms with van der Waals surface area (Å²) in [6, 6.07) is 9.91. The van der Waals surface area contributed by atoms with Crippen molar-refractivity contribution in [1.82, 2.24) is 9.55 Å². The molecule has 2 aromatic heterocycles. The van der Waals surface area contributed by atoms with Gasteiger partial charge in [-0.05, 0) is 36.2 Å². The summed E-state index contributed by atoms with van der Waals surface area (Å²) in [5.41, 5.74) is 3.22. The SMILES string of the molecule is Cc1c(Cl)cnc2c1ccn2Cc1ccc(Cl)cc1.Cl. The molecule has 5 heteroatoms. The molecule has 20 heavy (non-hydrogen) atoms. The van der Waals surface area contributed by atoms with Gasteiger partial charge in [0.05, 0.1) is 5.02 Å². The summed E-state index contributed by atoms with van der Waals surface area (Å²) in [4.78, 5) is 4.42. The highest BCUT2D eigenvalue weighted by Gasteiger charge is 2.08. The summed E-state index contributed by atoms with van der Waals surface area (Å²) >= 11 is 12.0. The molecule has 0 aliphatic heterocycles. The first-order valence-corrected chi connectivity index (χ1v) is 6.75. The third-order valence-electron chi connectivity index (χ3n) is 3.26. The lowest BCUT2D eigenvalue weighted by Gasteiger charge is -2.06. The minimum Gasteiger partial charge on any atom is -0.328 e. The zero-order valence-corrected chi connectivity index (χ0v) is 13.1. The van der Waals surface area contributed by atoms with E-state index in [0.717, 1.165) is 28.2 Å². The van der Waals surface area contributed by atoms with Gasteiger partial charge in [0.1, 0.15) is 5.65 Å². The summed E-state index contributed by atoms with van der Waals surface area (Å²) in [6.45, 7) is 2.79. The topological polar surface area (TPSA) is 17.8 Å². The molecule has 0 unspecified atom stereocenters. The number of nitrogens with zero attached hydrogens (tertiary/aromatic N) is 2. The standard InChI is InChI=1S/C15H12Cl2N2.ClH/c1-10-13-6-7-19(15(13)18-8-14(10)17)9-11-2-4-12(16)5-3-11;/h2-8H,9H2,1H3;1H. The average molecular weight is 328 g/mol. The highest BCUT2D eigenvalue weighted by Crippen LogP contribution is 2.24. The van der Waals surface area contributed by atoms with Crippen molar-refractivity contribution in [2.24, 2.45) is 0 Å². The first-order valence-electron chi connectivity index (χ1n) is 5.99. The molecule has 0 spiro atoms. The minimum absolute atomic E-state index is 0. The van der Waals surface area contributed by atoms with Crippen molar-refractivity contribution in [3.8, 4) is 0 Å². The van der Waals surface area contributed by atoms with Crippen molar-refractivity contribution in [2.75, 3.05) is 0 Å². The van der Waals surface area contributed by atoms with Gasteiger partial charge in [0, 0.05) is 29.3 Å². The Morgan fingerprint density at radius 1 is 1.10 bits per heavy atom. The molecule has 2 nitrogen and oxygen atoms in total. The van der Waals surface area contributed by atoms with Crippen LogP contribution in [0, 0.1) is 6.92 Å². The Morgan fingerprint density at radius 2 is 1.80 bits per heavy atom. The van der Waals surface area contributed by atoms with Crippen molar-refractivity contribution in [3.05, 3.63) is 63.9 Å². The van der Waals surface area contributed by atoms with Crippen LogP contribution in [0.1, 0.15) is 11.1 Å². The smallest absolute Gasteiger partial charge is 0.140 e. The van der Waals surface area contributed by atoms with Crippen LogP contribution in [-0.2, 0) is 6.54 Å². The maximum absolute atomic E-state index is 6.09. The molecule has 0 saturated carbocycles. The van der Waals surface area contributed by atoms with Gasteiger partial charge in [-0.2, -0.15) is 0 Å². The molecule has 0 bridgehead atoms. The molecule has 1 aromatic carbocycles. The van der Waals surface area contributed by atoms with Crippen LogP contribution in [0.5, 0.6) is 0 Å². The summed E-state index contributed by atoms with van der Waals surface area (Å²) in [7, 11) is 0. The molecule has 0 N–H and O–H groups in total. The van der Waals surface area contributed by atoms with Crippen molar-refractivity contribution < 1.29 is 0 Å². The molecule has 104 valence electrons. The molecule has 0 aliphatic carbocycles. The number of fused-ring (bicyclic) bond motifs is 1. The molecule has 0 aliphatic rings. The van der Waals surface area contributed by atoms with Crippen LogP contribution in [0.15, 0.2) is 42.7 Å². The first kappa shape index (κ1) is 15.2. The van der Waals surface area contributed by atoms with E-state index in [9.17, 15) is 0 Å². The van der Waals surface area contributed by atoms with E-state index in [4.69, 9.17) is 23.2 Å². The number of aryl methyl sites for hydroxylation is 1. The molecule has 2 heterocycles. The molecule has 3 aromatic rings. The van der Waals surface area contributed by atoms with Crippen LogP contribution in [-0.4, -0.2) is 9.55 Å². The van der Waals surface area contributed by atoms with Crippen LogP contribution in [0.4, 0.5) is 0 Å². The van der Waals surface area contributed by atoms with Crippen LogP contribution in [0.25, 0.3) is 11.0 Å². The molecule has 0 saturated heterocycles. The largest absolute Gasteiger partial charge is 0.328 e. The number of hydrogen-bond donors (Lipinski definition) is 0. The lowest BCUT2D eigenvalue weighted by atomic mass is 10.2. The number of aromatic nitrogens is 2. The predicted octanol–water partition coefficient (Wildman–Crippen LogP) is 5.12. The van der Waals surface area contributed by atoms with Gasteiger partial charge in [-0.1, -0.05) is 35.3 Å². The summed E-state index contributed by atoms with van der Waals surface area (Å²) in [6.07, 6.45) is 3.74. The Morgan fingerprint density at radius 3 is 2.50 bits per heavy atom. The van der Waals surface area contributed by atoms with Crippen molar-refractivity contribution in [1.29, 1.82) is 0 Å². The molecule has 0 fully saturated rings. The maximum atomic E-state index is 6.09. The van der Waals surface area contributed by atoms with E-state index in [-0.39, 0.29) is 12.4 Å². The fraction of sp³-hybridized carbons (Fsp3) is 0.133. The Hall–Kier alpha value is -1.22. The zero-order valence-electron chi connectivity index (χ0n) is 10.8. The second-order valence-electron chi connectivity index (χ2n) is 4.54.